The summed E-state index contributed by atoms with van der Waals surface area (Å²) in [5.74, 6) is 0. The highest BCUT2D eigenvalue weighted by Gasteiger charge is 2.15. The fourth-order valence-corrected chi connectivity index (χ4v) is 4.74. The summed E-state index contributed by atoms with van der Waals surface area (Å²) in [5.41, 5.74) is 7.53. The second kappa shape index (κ2) is 6.58. The molecule has 0 aliphatic rings. The van der Waals surface area contributed by atoms with Gasteiger partial charge in [0.1, 0.15) is 10.2 Å². The van der Waals surface area contributed by atoms with Crippen molar-refractivity contribution in [1.29, 1.82) is 0 Å². The molecule has 4 nitrogen and oxygen atoms in total. The normalized spacial score (nSPS) is 11.2. The molecule has 0 aromatic carbocycles. The second-order valence-corrected chi connectivity index (χ2v) is 7.59. The maximum Gasteiger partial charge on any atom is 0.131 e. The van der Waals surface area contributed by atoms with Gasteiger partial charge in [0.25, 0.3) is 0 Å². The summed E-state index contributed by atoms with van der Waals surface area (Å²) in [5, 5.41) is 6.87. The second-order valence-electron chi connectivity index (χ2n) is 4.33. The Kier molecular flexibility index (Phi) is 4.75. The van der Waals surface area contributed by atoms with Gasteiger partial charge in [0.2, 0.25) is 0 Å². The van der Waals surface area contributed by atoms with Gasteiger partial charge in [-0.3, -0.25) is 0 Å². The smallest absolute Gasteiger partial charge is 0.131 e. The van der Waals surface area contributed by atoms with Crippen LogP contribution in [0, 0.1) is 0 Å². The zero-order chi connectivity index (χ0) is 14.8. The fourth-order valence-electron chi connectivity index (χ4n) is 1.99. The first kappa shape index (κ1) is 15.2. The number of fused-ring (bicyclic) bond motifs is 1. The van der Waals surface area contributed by atoms with E-state index < -0.39 is 0 Å². The molecule has 0 atom stereocenters. The van der Waals surface area contributed by atoms with E-state index in [-0.39, 0.29) is 0 Å². The summed E-state index contributed by atoms with van der Waals surface area (Å²) in [6.45, 7) is 1.29. The molecule has 3 rings (SSSR count). The minimum absolute atomic E-state index is 0.474. The molecular weight excluding hydrogens is 392 g/mol. The molecule has 0 aliphatic heterocycles. The predicted molar refractivity (Wildman–Crippen MR) is 94.5 cm³/mol. The largest absolute Gasteiger partial charge is 0.377 e. The number of hydrogen-bond acceptors (Lipinski definition) is 6. The van der Waals surface area contributed by atoms with E-state index in [1.807, 2.05) is 11.4 Å². The van der Waals surface area contributed by atoms with Gasteiger partial charge in [0, 0.05) is 22.5 Å². The lowest BCUT2D eigenvalue weighted by Crippen LogP contribution is -2.01. The molecule has 0 amide bonds. The Labute approximate surface area is 143 Å². The number of nitrogens with two attached hydrogens (primary N) is 1. The molecule has 0 spiro atoms. The third-order valence-corrected chi connectivity index (χ3v) is 6.27. The van der Waals surface area contributed by atoms with Crippen LogP contribution in [0.2, 0.25) is 5.15 Å². The van der Waals surface area contributed by atoms with Crippen LogP contribution in [0.3, 0.4) is 0 Å². The molecule has 110 valence electrons. The van der Waals surface area contributed by atoms with Crippen molar-refractivity contribution in [3.05, 3.63) is 37.2 Å². The van der Waals surface area contributed by atoms with Crippen molar-refractivity contribution >= 4 is 66.1 Å². The molecule has 0 unspecified atom stereocenters. The van der Waals surface area contributed by atoms with Gasteiger partial charge >= 0.3 is 0 Å². The lowest BCUT2D eigenvalue weighted by atomic mass is 10.3. The van der Waals surface area contributed by atoms with Crippen LogP contribution < -0.4 is 11.1 Å². The Morgan fingerprint density at radius 2 is 2.29 bits per heavy atom. The third-order valence-electron chi connectivity index (χ3n) is 2.90. The fraction of sp³-hybridized carbons (Fsp3) is 0.231. The standard InChI is InChI=1S/C13H12BrClN4S2/c14-11-8(1-2-16)21-13-7(5-9(15)19-12(11)13)18-6-10-17-3-4-20-10/h3-5H,1-2,6,16H2,(H,18,19). The highest BCUT2D eigenvalue weighted by molar-refractivity contribution is 9.10. The zero-order valence-corrected chi connectivity index (χ0v) is 14.9. The van der Waals surface area contributed by atoms with Crippen LogP contribution in [0.5, 0.6) is 0 Å². The Bertz CT molecular complexity index is 757. The van der Waals surface area contributed by atoms with Gasteiger partial charge in [-0.2, -0.15) is 0 Å². The molecule has 3 heterocycles. The van der Waals surface area contributed by atoms with Gasteiger partial charge in [-0.25, -0.2) is 9.97 Å². The Hall–Kier alpha value is -0.730. The molecule has 3 aromatic heterocycles. The summed E-state index contributed by atoms with van der Waals surface area (Å²) < 4.78 is 2.08. The van der Waals surface area contributed by atoms with E-state index in [2.05, 4.69) is 31.2 Å². The van der Waals surface area contributed by atoms with E-state index in [1.54, 1.807) is 28.9 Å². The Balaban J connectivity index is 1.98. The number of nitrogens with one attached hydrogen (secondary N) is 1. The zero-order valence-electron chi connectivity index (χ0n) is 10.9. The van der Waals surface area contributed by atoms with Crippen LogP contribution in [0.15, 0.2) is 22.1 Å². The summed E-state index contributed by atoms with van der Waals surface area (Å²) >= 11 is 13.1. The topological polar surface area (TPSA) is 63.8 Å². The maximum atomic E-state index is 6.14. The highest BCUT2D eigenvalue weighted by Crippen LogP contribution is 2.40. The van der Waals surface area contributed by atoms with Crippen LogP contribution in [-0.4, -0.2) is 16.5 Å². The highest BCUT2D eigenvalue weighted by atomic mass is 79.9. The molecule has 0 bridgehead atoms. The number of rotatable bonds is 5. The lowest BCUT2D eigenvalue weighted by Gasteiger charge is -2.06. The number of thiazole rings is 1. The molecule has 0 saturated heterocycles. The van der Waals surface area contributed by atoms with Crippen molar-refractivity contribution in [2.75, 3.05) is 11.9 Å². The third kappa shape index (κ3) is 3.22. The van der Waals surface area contributed by atoms with Crippen LogP contribution in [-0.2, 0) is 13.0 Å². The van der Waals surface area contributed by atoms with Gasteiger partial charge in [-0.05, 0) is 28.9 Å². The summed E-state index contributed by atoms with van der Waals surface area (Å²) in [6.07, 6.45) is 2.63. The minimum atomic E-state index is 0.474. The number of hydrogen-bond donors (Lipinski definition) is 2. The van der Waals surface area contributed by atoms with Crippen LogP contribution in [0.4, 0.5) is 5.69 Å². The van der Waals surface area contributed by atoms with Crippen molar-refractivity contribution in [3.8, 4) is 0 Å². The SMILES string of the molecule is NCCc1sc2c(NCc3nccs3)cc(Cl)nc2c1Br. The van der Waals surface area contributed by atoms with Crippen LogP contribution in [0.25, 0.3) is 10.2 Å². The number of nitrogens with zero attached hydrogens (tertiary/aromatic N) is 2. The molecule has 0 aliphatic carbocycles. The number of anilines is 1. The van der Waals surface area contributed by atoms with Gasteiger partial charge in [0.05, 0.1) is 26.9 Å². The number of aromatic nitrogens is 2. The summed E-state index contributed by atoms with van der Waals surface area (Å²) in [7, 11) is 0. The first-order valence-electron chi connectivity index (χ1n) is 6.28. The Morgan fingerprint density at radius 3 is 3.00 bits per heavy atom. The van der Waals surface area contributed by atoms with Crippen LogP contribution >= 0.6 is 50.2 Å². The van der Waals surface area contributed by atoms with E-state index >= 15 is 0 Å². The summed E-state index contributed by atoms with van der Waals surface area (Å²) in [6, 6.07) is 1.85. The van der Waals surface area contributed by atoms with E-state index in [4.69, 9.17) is 17.3 Å². The quantitative estimate of drug-likeness (QED) is 0.624. The van der Waals surface area contributed by atoms with Crippen molar-refractivity contribution in [2.45, 2.75) is 13.0 Å². The molecule has 3 N–H and O–H groups in total. The first-order valence-corrected chi connectivity index (χ1v) is 9.15. The Morgan fingerprint density at radius 1 is 1.43 bits per heavy atom. The maximum absolute atomic E-state index is 6.14. The molecule has 0 radical (unpaired) electrons. The number of halogens is 2. The van der Waals surface area contributed by atoms with E-state index in [9.17, 15) is 0 Å². The monoisotopic (exact) mass is 402 g/mol. The molecule has 8 heteroatoms. The molecule has 0 saturated carbocycles. The molecule has 3 aromatic rings. The molecular formula is C13H12BrClN4S2. The average Bonchev–Trinajstić information content (AvgIpc) is 3.07. The number of thiophene rings is 1. The predicted octanol–water partition coefficient (Wildman–Crippen LogP) is 4.28. The van der Waals surface area contributed by atoms with Gasteiger partial charge < -0.3 is 11.1 Å². The van der Waals surface area contributed by atoms with Crippen molar-refractivity contribution < 1.29 is 0 Å². The average molecular weight is 404 g/mol. The van der Waals surface area contributed by atoms with Gasteiger partial charge in [-0.15, -0.1) is 22.7 Å². The van der Waals surface area contributed by atoms with Crippen LogP contribution in [0.1, 0.15) is 9.88 Å². The van der Waals surface area contributed by atoms with Gasteiger partial charge in [-0.1, -0.05) is 11.6 Å². The van der Waals surface area contributed by atoms with E-state index in [0.717, 1.165) is 31.8 Å². The van der Waals surface area contributed by atoms with Crippen molar-refractivity contribution in [3.63, 3.8) is 0 Å². The first-order chi connectivity index (χ1) is 10.2. The van der Waals surface area contributed by atoms with E-state index in [0.29, 0.717) is 18.2 Å². The number of pyridine rings is 1. The van der Waals surface area contributed by atoms with Crippen molar-refractivity contribution in [2.24, 2.45) is 5.73 Å². The van der Waals surface area contributed by atoms with Crippen molar-refractivity contribution in [1.82, 2.24) is 9.97 Å². The minimum Gasteiger partial charge on any atom is -0.377 e. The lowest BCUT2D eigenvalue weighted by molar-refractivity contribution is 0.985. The molecule has 21 heavy (non-hydrogen) atoms. The molecule has 0 fully saturated rings. The summed E-state index contributed by atoms with van der Waals surface area (Å²) in [4.78, 5) is 9.88. The van der Waals surface area contributed by atoms with E-state index in [1.165, 1.54) is 4.88 Å². The van der Waals surface area contributed by atoms with Gasteiger partial charge in [0.15, 0.2) is 0 Å².